The molecule has 0 aliphatic rings. The predicted octanol–water partition coefficient (Wildman–Crippen LogP) is 2.54. The number of likely N-dealkylation sites (N-methyl/N-ethyl adjacent to an activating group) is 1. The Bertz CT molecular complexity index is 820. The standard InChI is InChI=1S/C22H29N3O3/c1-15-9-8-10-17(13-15)22(27)24-16(2)21(26)23-14-19(25(3)4)18-11-6-7-12-20(18)28-5/h6-13,16,19H,14H2,1-5H3,(H,23,26)(H,24,27). The molecule has 0 aliphatic heterocycles. The SMILES string of the molecule is COc1ccccc1C(CNC(=O)C(C)NC(=O)c1cccc(C)c1)N(C)C. The predicted molar refractivity (Wildman–Crippen MR) is 111 cm³/mol. The third-order valence-electron chi connectivity index (χ3n) is 4.61. The zero-order valence-electron chi connectivity index (χ0n) is 17.2. The zero-order chi connectivity index (χ0) is 20.7. The first kappa shape index (κ1) is 21.4. The molecule has 150 valence electrons. The summed E-state index contributed by atoms with van der Waals surface area (Å²) < 4.78 is 5.45. The first-order valence-electron chi connectivity index (χ1n) is 9.28. The van der Waals surface area contributed by atoms with Gasteiger partial charge in [-0.25, -0.2) is 0 Å². The Morgan fingerprint density at radius 3 is 2.46 bits per heavy atom. The van der Waals surface area contributed by atoms with Gasteiger partial charge in [-0.2, -0.15) is 0 Å². The molecule has 0 spiro atoms. The van der Waals surface area contributed by atoms with Crippen molar-refractivity contribution < 1.29 is 14.3 Å². The van der Waals surface area contributed by atoms with Gasteiger partial charge >= 0.3 is 0 Å². The van der Waals surface area contributed by atoms with Gasteiger partial charge in [0.15, 0.2) is 0 Å². The molecule has 0 aliphatic carbocycles. The fraction of sp³-hybridized carbons (Fsp3) is 0.364. The number of para-hydroxylation sites is 1. The molecule has 28 heavy (non-hydrogen) atoms. The number of benzene rings is 2. The molecule has 0 bridgehead atoms. The van der Waals surface area contributed by atoms with Crippen LogP contribution in [-0.2, 0) is 4.79 Å². The number of rotatable bonds is 8. The minimum Gasteiger partial charge on any atom is -0.496 e. The number of methoxy groups -OCH3 is 1. The number of hydrogen-bond donors (Lipinski definition) is 2. The number of amides is 2. The Morgan fingerprint density at radius 1 is 1.11 bits per heavy atom. The topological polar surface area (TPSA) is 70.7 Å². The Labute approximate surface area is 166 Å². The highest BCUT2D eigenvalue weighted by molar-refractivity contribution is 5.97. The quantitative estimate of drug-likeness (QED) is 0.735. The molecule has 0 saturated carbocycles. The highest BCUT2D eigenvalue weighted by atomic mass is 16.5. The zero-order valence-corrected chi connectivity index (χ0v) is 17.2. The van der Waals surface area contributed by atoms with Crippen LogP contribution >= 0.6 is 0 Å². The Balaban J connectivity index is 1.99. The number of carbonyl (C=O) groups is 2. The minimum absolute atomic E-state index is 0.0558. The average Bonchev–Trinajstić information content (AvgIpc) is 2.67. The summed E-state index contributed by atoms with van der Waals surface area (Å²) in [7, 11) is 5.53. The van der Waals surface area contributed by atoms with Crippen molar-refractivity contribution in [1.82, 2.24) is 15.5 Å². The molecule has 0 radical (unpaired) electrons. The average molecular weight is 383 g/mol. The fourth-order valence-electron chi connectivity index (χ4n) is 2.99. The number of nitrogens with zero attached hydrogens (tertiary/aromatic N) is 1. The van der Waals surface area contributed by atoms with Gasteiger partial charge in [0.25, 0.3) is 5.91 Å². The van der Waals surface area contributed by atoms with Crippen molar-refractivity contribution in [2.45, 2.75) is 25.9 Å². The summed E-state index contributed by atoms with van der Waals surface area (Å²) in [5.74, 6) is 0.277. The van der Waals surface area contributed by atoms with Gasteiger partial charge in [-0.1, -0.05) is 35.9 Å². The lowest BCUT2D eigenvalue weighted by Gasteiger charge is -2.27. The molecular formula is C22H29N3O3. The van der Waals surface area contributed by atoms with E-state index in [0.717, 1.165) is 16.9 Å². The second-order valence-corrected chi connectivity index (χ2v) is 7.03. The maximum Gasteiger partial charge on any atom is 0.251 e. The minimum atomic E-state index is -0.645. The number of nitrogens with one attached hydrogen (secondary N) is 2. The van der Waals surface area contributed by atoms with E-state index in [-0.39, 0.29) is 17.9 Å². The summed E-state index contributed by atoms with van der Waals surface area (Å²) in [6, 6.07) is 14.3. The van der Waals surface area contributed by atoms with Crippen molar-refractivity contribution in [3.63, 3.8) is 0 Å². The second kappa shape index (κ2) is 9.90. The van der Waals surface area contributed by atoms with E-state index in [2.05, 4.69) is 10.6 Å². The van der Waals surface area contributed by atoms with Crippen molar-refractivity contribution >= 4 is 11.8 Å². The van der Waals surface area contributed by atoms with Crippen molar-refractivity contribution in [1.29, 1.82) is 0 Å². The second-order valence-electron chi connectivity index (χ2n) is 7.03. The van der Waals surface area contributed by atoms with E-state index in [1.165, 1.54) is 0 Å². The first-order chi connectivity index (χ1) is 13.3. The third-order valence-corrected chi connectivity index (χ3v) is 4.61. The number of carbonyl (C=O) groups excluding carboxylic acids is 2. The van der Waals surface area contributed by atoms with Crippen LogP contribution in [0.5, 0.6) is 5.75 Å². The number of hydrogen-bond acceptors (Lipinski definition) is 4. The number of ether oxygens (including phenoxy) is 1. The lowest BCUT2D eigenvalue weighted by molar-refractivity contribution is -0.122. The van der Waals surface area contributed by atoms with Crippen molar-refractivity contribution in [2.75, 3.05) is 27.7 Å². The normalized spacial score (nSPS) is 12.9. The van der Waals surface area contributed by atoms with Crippen molar-refractivity contribution in [3.8, 4) is 5.75 Å². The summed E-state index contributed by atoms with van der Waals surface area (Å²) in [5.41, 5.74) is 2.53. The van der Waals surface area contributed by atoms with Crippen molar-refractivity contribution in [3.05, 3.63) is 65.2 Å². The summed E-state index contributed by atoms with van der Waals surface area (Å²) in [6.45, 7) is 4.00. The molecule has 2 N–H and O–H groups in total. The van der Waals surface area contributed by atoms with Crippen LogP contribution in [0.15, 0.2) is 48.5 Å². The third kappa shape index (κ3) is 5.57. The van der Waals surface area contributed by atoms with Gasteiger partial charge in [0.05, 0.1) is 13.2 Å². The van der Waals surface area contributed by atoms with Crippen LogP contribution in [0.1, 0.15) is 34.5 Å². The van der Waals surface area contributed by atoms with Crippen LogP contribution in [0.2, 0.25) is 0 Å². The molecule has 0 aromatic heterocycles. The lowest BCUT2D eigenvalue weighted by Crippen LogP contribution is -2.46. The molecule has 2 aromatic carbocycles. The van der Waals surface area contributed by atoms with E-state index in [9.17, 15) is 9.59 Å². The number of aryl methyl sites for hydroxylation is 1. The van der Waals surface area contributed by atoms with Gasteiger partial charge in [0.2, 0.25) is 5.91 Å². The molecule has 2 unspecified atom stereocenters. The monoisotopic (exact) mass is 383 g/mol. The Morgan fingerprint density at radius 2 is 1.82 bits per heavy atom. The summed E-state index contributed by atoms with van der Waals surface area (Å²) in [6.07, 6.45) is 0. The molecular weight excluding hydrogens is 354 g/mol. The van der Waals surface area contributed by atoms with Gasteiger partial charge in [-0.05, 0) is 46.1 Å². The van der Waals surface area contributed by atoms with Gasteiger partial charge in [0, 0.05) is 17.7 Å². The molecule has 2 aromatic rings. The Hall–Kier alpha value is -2.86. The lowest BCUT2D eigenvalue weighted by atomic mass is 10.0. The maximum absolute atomic E-state index is 12.5. The van der Waals surface area contributed by atoms with E-state index in [1.54, 1.807) is 26.2 Å². The highest BCUT2D eigenvalue weighted by Crippen LogP contribution is 2.27. The molecule has 2 atom stereocenters. The Kier molecular flexibility index (Phi) is 7.58. The summed E-state index contributed by atoms with van der Waals surface area (Å²) in [5, 5.41) is 5.68. The van der Waals surface area contributed by atoms with Crippen LogP contribution in [0.3, 0.4) is 0 Å². The van der Waals surface area contributed by atoms with Gasteiger partial charge in [0.1, 0.15) is 11.8 Å². The van der Waals surface area contributed by atoms with Gasteiger partial charge in [-0.15, -0.1) is 0 Å². The van der Waals surface area contributed by atoms with Crippen LogP contribution in [0.4, 0.5) is 0 Å². The van der Waals surface area contributed by atoms with Gasteiger partial charge < -0.3 is 20.3 Å². The molecule has 0 heterocycles. The fourth-order valence-corrected chi connectivity index (χ4v) is 2.99. The maximum atomic E-state index is 12.5. The van der Waals surface area contributed by atoms with Gasteiger partial charge in [-0.3, -0.25) is 9.59 Å². The van der Waals surface area contributed by atoms with E-state index in [4.69, 9.17) is 4.74 Å². The summed E-state index contributed by atoms with van der Waals surface area (Å²) >= 11 is 0. The molecule has 0 saturated heterocycles. The smallest absolute Gasteiger partial charge is 0.251 e. The molecule has 2 amide bonds. The van der Waals surface area contributed by atoms with Crippen LogP contribution in [0, 0.1) is 6.92 Å². The van der Waals surface area contributed by atoms with E-state index in [1.807, 2.05) is 62.3 Å². The molecule has 6 heteroatoms. The molecule has 0 fully saturated rings. The van der Waals surface area contributed by atoms with E-state index < -0.39 is 6.04 Å². The van der Waals surface area contributed by atoms with Crippen LogP contribution < -0.4 is 15.4 Å². The van der Waals surface area contributed by atoms with E-state index in [0.29, 0.717) is 12.1 Å². The van der Waals surface area contributed by atoms with Crippen LogP contribution in [-0.4, -0.2) is 50.5 Å². The molecule has 6 nitrogen and oxygen atoms in total. The van der Waals surface area contributed by atoms with E-state index >= 15 is 0 Å². The first-order valence-corrected chi connectivity index (χ1v) is 9.28. The molecule has 2 rings (SSSR count). The summed E-state index contributed by atoms with van der Waals surface area (Å²) in [4.78, 5) is 26.9. The van der Waals surface area contributed by atoms with Crippen molar-refractivity contribution in [2.24, 2.45) is 0 Å². The highest BCUT2D eigenvalue weighted by Gasteiger charge is 2.21. The van der Waals surface area contributed by atoms with Crippen LogP contribution in [0.25, 0.3) is 0 Å². The largest absolute Gasteiger partial charge is 0.496 e.